The molecule has 0 aromatic rings. The topological polar surface area (TPSA) is 94.7 Å². The average molecular weight is 621 g/mol. The molecule has 0 aliphatic carbocycles. The molecule has 0 aliphatic heterocycles. The van der Waals surface area contributed by atoms with Gasteiger partial charge in [0, 0.05) is 0 Å². The molecule has 0 saturated carbocycles. The fourth-order valence-electron chi connectivity index (χ4n) is 3.87. The molecule has 0 heterocycles. The van der Waals surface area contributed by atoms with Crippen LogP contribution in [0.1, 0.15) is 142 Å². The summed E-state index contributed by atoms with van der Waals surface area (Å²) >= 11 is 0. The minimum atomic E-state index is -4.24. The minimum absolute atomic E-state index is 0. The quantitative estimate of drug-likeness (QED) is 0.0586. The first kappa shape index (κ1) is 51.3. The van der Waals surface area contributed by atoms with Crippen LogP contribution in [-0.2, 0) is 4.57 Å². The first-order valence-corrected chi connectivity index (χ1v) is 15.7. The zero-order valence-corrected chi connectivity index (χ0v) is 32.0. The number of hydrogen-bond donors (Lipinski definition) is 0. The summed E-state index contributed by atoms with van der Waals surface area (Å²) in [5, 5.41) is 0. The first-order chi connectivity index (χ1) is 15.1. The molecule has 0 aromatic carbocycles. The molecule has 0 radical (unpaired) electrons. The van der Waals surface area contributed by atoms with Crippen molar-refractivity contribution in [1.82, 2.24) is 0 Å². The van der Waals surface area contributed by atoms with E-state index in [2.05, 4.69) is 35.0 Å². The predicted octanol–water partition coefficient (Wildman–Crippen LogP) is -2.38. The number of hydrogen-bond acceptors (Lipinski definition) is 3. The van der Waals surface area contributed by atoms with Crippen molar-refractivity contribution in [1.29, 1.82) is 0 Å². The molecule has 9 heteroatoms. The average Bonchev–Trinajstić information content (AvgIpc) is 2.70. The summed E-state index contributed by atoms with van der Waals surface area (Å²) in [4.78, 5) is 20.7. The standard InChI is InChI=1S/C15H34N.C12H27O3P.BrH.2Na.H2O/c1-5-6-7-8-9-10-11-12-13-14-15-16(2,3)4;1-2-3-4-5-6-7-8-9-10-11-12-16(13,14)15;;;;/h5-15H2,1-4H3;2-12H2,1H3,(H2,13,14,15);1H;;;1H2/q+1;;;2*+1;/p-3. The van der Waals surface area contributed by atoms with Crippen LogP contribution in [0.15, 0.2) is 0 Å². The van der Waals surface area contributed by atoms with Gasteiger partial charge in [0.1, 0.15) is 0 Å². The van der Waals surface area contributed by atoms with E-state index >= 15 is 0 Å². The molecule has 0 atom stereocenters. The van der Waals surface area contributed by atoms with Crippen molar-refractivity contribution in [2.75, 3.05) is 33.8 Å². The van der Waals surface area contributed by atoms with E-state index in [1.54, 1.807) is 0 Å². The molecule has 36 heavy (non-hydrogen) atoms. The zero-order valence-electron chi connectivity index (χ0n) is 25.6. The molecule has 0 fully saturated rings. The summed E-state index contributed by atoms with van der Waals surface area (Å²) < 4.78 is 11.5. The Hall–Kier alpha value is 2.55. The van der Waals surface area contributed by atoms with Gasteiger partial charge in [0.15, 0.2) is 0 Å². The van der Waals surface area contributed by atoms with E-state index < -0.39 is 7.60 Å². The first-order valence-electron chi connectivity index (χ1n) is 13.9. The molecule has 0 aromatic heterocycles. The van der Waals surface area contributed by atoms with Crippen LogP contribution in [0.2, 0.25) is 0 Å². The maximum Gasteiger partial charge on any atom is 1.00 e. The molecule has 2 N–H and O–H groups in total. The van der Waals surface area contributed by atoms with Gasteiger partial charge >= 0.3 is 59.1 Å². The third kappa shape index (κ3) is 56.7. The van der Waals surface area contributed by atoms with Crippen molar-refractivity contribution in [2.24, 2.45) is 0 Å². The van der Waals surface area contributed by atoms with Gasteiger partial charge in [-0.05, 0) is 25.4 Å². The number of unbranched alkanes of at least 4 members (excludes halogenated alkanes) is 18. The number of rotatable bonds is 22. The van der Waals surface area contributed by atoms with E-state index in [4.69, 9.17) is 0 Å². The molecule has 0 spiro atoms. The molecule has 5 nitrogen and oxygen atoms in total. The summed E-state index contributed by atoms with van der Waals surface area (Å²) in [6, 6.07) is 0. The Morgan fingerprint density at radius 1 is 0.528 bits per heavy atom. The van der Waals surface area contributed by atoms with Crippen molar-refractivity contribution in [3.8, 4) is 0 Å². The van der Waals surface area contributed by atoms with Crippen LogP contribution in [0, 0.1) is 0 Å². The Morgan fingerprint density at radius 2 is 0.778 bits per heavy atom. The summed E-state index contributed by atoms with van der Waals surface area (Å²) in [6.45, 7) is 5.83. The smallest absolute Gasteiger partial charge is 1.00 e. The van der Waals surface area contributed by atoms with E-state index in [1.807, 2.05) is 0 Å². The van der Waals surface area contributed by atoms with Crippen molar-refractivity contribution >= 4 is 7.60 Å². The van der Waals surface area contributed by atoms with Crippen molar-refractivity contribution in [2.45, 2.75) is 142 Å². The second-order valence-corrected chi connectivity index (χ2v) is 12.4. The zero-order chi connectivity index (χ0) is 24.6. The fourth-order valence-corrected chi connectivity index (χ4v) is 4.48. The van der Waals surface area contributed by atoms with Gasteiger partial charge in [0.2, 0.25) is 0 Å². The fraction of sp³-hybridized carbons (Fsp3) is 1.00. The summed E-state index contributed by atoms with van der Waals surface area (Å²) in [6.07, 6.45) is 25.7. The molecule has 0 amide bonds. The Kier molecular flexibility index (Phi) is 53.5. The van der Waals surface area contributed by atoms with Gasteiger partial charge in [-0.15, -0.1) is 0 Å². The predicted molar refractivity (Wildman–Crippen MR) is 143 cm³/mol. The second kappa shape index (κ2) is 37.6. The minimum Gasteiger partial charge on any atom is -1.00 e. The van der Waals surface area contributed by atoms with Crippen LogP contribution in [-0.4, -0.2) is 43.8 Å². The molecule has 0 aliphatic rings. The molecular weight excluding hydrogens is 559 g/mol. The van der Waals surface area contributed by atoms with Gasteiger partial charge in [-0.2, -0.15) is 0 Å². The third-order valence-corrected chi connectivity index (χ3v) is 6.83. The molecule has 0 unspecified atom stereocenters. The summed E-state index contributed by atoms with van der Waals surface area (Å²) in [5.41, 5.74) is 0. The Morgan fingerprint density at radius 3 is 1.03 bits per heavy atom. The Balaban J connectivity index is -0.000000112. The van der Waals surface area contributed by atoms with Crippen molar-refractivity contribution in [3.63, 3.8) is 0 Å². The molecular formula is C27H61BrNNa2O4P. The third-order valence-electron chi connectivity index (χ3n) is 5.97. The van der Waals surface area contributed by atoms with Gasteiger partial charge in [-0.1, -0.05) is 131 Å². The normalized spacial score (nSPS) is 10.6. The van der Waals surface area contributed by atoms with Gasteiger partial charge in [-0.3, -0.25) is 0 Å². The van der Waals surface area contributed by atoms with Crippen LogP contribution in [0.4, 0.5) is 0 Å². The van der Waals surface area contributed by atoms with Crippen LogP contribution in [0.25, 0.3) is 0 Å². The molecule has 0 bridgehead atoms. The molecule has 212 valence electrons. The van der Waals surface area contributed by atoms with E-state index in [1.165, 1.54) is 116 Å². The van der Waals surface area contributed by atoms with Crippen molar-refractivity contribution < 1.29 is 100 Å². The van der Waals surface area contributed by atoms with Crippen molar-refractivity contribution in [3.05, 3.63) is 0 Å². The Labute approximate surface area is 281 Å². The van der Waals surface area contributed by atoms with Crippen LogP contribution >= 0.6 is 7.60 Å². The van der Waals surface area contributed by atoms with E-state index in [-0.39, 0.29) is 87.7 Å². The van der Waals surface area contributed by atoms with Gasteiger partial charge in [0.05, 0.1) is 27.7 Å². The number of quaternary nitrogens is 1. The SMILES string of the molecule is CCCCCCCCCCCCP(=O)([O-])[O-].CCCCCCCCCCCC[N+](C)(C)C.O.[Br-].[Na+].[Na+]. The largest absolute Gasteiger partial charge is 1.00 e. The maximum atomic E-state index is 10.3. The van der Waals surface area contributed by atoms with E-state index in [9.17, 15) is 14.4 Å². The molecule has 0 rings (SSSR count). The van der Waals surface area contributed by atoms with Crippen LogP contribution in [0.3, 0.4) is 0 Å². The van der Waals surface area contributed by atoms with Crippen LogP contribution in [0.5, 0.6) is 0 Å². The Bertz CT molecular complexity index is 425. The summed E-state index contributed by atoms with van der Waals surface area (Å²) in [5.74, 6) is 0. The second-order valence-electron chi connectivity index (χ2n) is 10.7. The van der Waals surface area contributed by atoms with E-state index in [0.29, 0.717) is 6.42 Å². The van der Waals surface area contributed by atoms with Gasteiger partial charge in [0.25, 0.3) is 0 Å². The van der Waals surface area contributed by atoms with E-state index in [0.717, 1.165) is 17.3 Å². The van der Waals surface area contributed by atoms with Crippen LogP contribution < -0.4 is 85.9 Å². The van der Waals surface area contributed by atoms with Gasteiger partial charge < -0.3 is 41.3 Å². The molecule has 0 saturated heterocycles. The number of halogens is 1. The number of nitrogens with zero attached hydrogens (tertiary/aromatic N) is 1. The monoisotopic (exact) mass is 619 g/mol. The maximum absolute atomic E-state index is 10.3. The summed E-state index contributed by atoms with van der Waals surface area (Å²) in [7, 11) is 2.62. The van der Waals surface area contributed by atoms with Gasteiger partial charge in [-0.25, -0.2) is 0 Å².